The summed E-state index contributed by atoms with van der Waals surface area (Å²) in [4.78, 5) is 0. The molecule has 0 amide bonds. The van der Waals surface area contributed by atoms with Crippen molar-refractivity contribution in [2.75, 3.05) is 0 Å². The lowest BCUT2D eigenvalue weighted by Gasteiger charge is -2.22. The summed E-state index contributed by atoms with van der Waals surface area (Å²) in [5.41, 5.74) is 2.05. The van der Waals surface area contributed by atoms with Crippen LogP contribution in [0.4, 0.5) is 13.2 Å². The molecule has 0 bridgehead atoms. The summed E-state index contributed by atoms with van der Waals surface area (Å²) in [6.07, 6.45) is -3.11. The van der Waals surface area contributed by atoms with Crippen LogP contribution in [0, 0.1) is 5.41 Å². The van der Waals surface area contributed by atoms with E-state index in [-0.39, 0.29) is 23.3 Å². The molecular weight excluding hydrogens is 385 g/mol. The summed E-state index contributed by atoms with van der Waals surface area (Å²) in [7, 11) is -1.80. The van der Waals surface area contributed by atoms with Crippen LogP contribution in [0.2, 0.25) is 0 Å². The highest BCUT2D eigenvalue weighted by Crippen LogP contribution is 2.43. The van der Waals surface area contributed by atoms with E-state index in [1.807, 2.05) is 16.7 Å². The summed E-state index contributed by atoms with van der Waals surface area (Å²) >= 11 is 0. The summed E-state index contributed by atoms with van der Waals surface area (Å²) in [5.74, 6) is -1.42. The Kier molecular flexibility index (Phi) is 6.71. The van der Waals surface area contributed by atoms with Gasteiger partial charge in [0.05, 0.1) is 16.9 Å². The Balaban J connectivity index is 2.68. The lowest BCUT2D eigenvalue weighted by molar-refractivity contribution is -0.151. The summed E-state index contributed by atoms with van der Waals surface area (Å²) in [6, 6.07) is 5.69. The van der Waals surface area contributed by atoms with Crippen molar-refractivity contribution in [1.82, 2.24) is 4.57 Å². The first-order valence-electron chi connectivity index (χ1n) is 9.55. The van der Waals surface area contributed by atoms with Crippen LogP contribution in [0.15, 0.2) is 24.4 Å². The van der Waals surface area contributed by atoms with Crippen molar-refractivity contribution in [3.63, 3.8) is 0 Å². The molecule has 3 nitrogen and oxygen atoms in total. The van der Waals surface area contributed by atoms with E-state index in [2.05, 4.69) is 34.6 Å². The molecular formula is C21H31F3N2OS. The van der Waals surface area contributed by atoms with Gasteiger partial charge in [-0.05, 0) is 41.9 Å². The highest BCUT2D eigenvalue weighted by molar-refractivity contribution is 7.83. The van der Waals surface area contributed by atoms with Crippen LogP contribution in [-0.2, 0) is 17.5 Å². The second-order valence-corrected chi connectivity index (χ2v) is 10.6. The zero-order chi connectivity index (χ0) is 21.4. The Morgan fingerprint density at radius 3 is 2.21 bits per heavy atom. The van der Waals surface area contributed by atoms with Crippen LogP contribution in [-0.4, -0.2) is 20.2 Å². The maximum absolute atomic E-state index is 14.0. The van der Waals surface area contributed by atoms with Crippen molar-refractivity contribution in [2.24, 2.45) is 10.6 Å². The van der Waals surface area contributed by atoms with E-state index >= 15 is 0 Å². The van der Waals surface area contributed by atoms with Crippen LogP contribution in [0.1, 0.15) is 70.9 Å². The minimum absolute atomic E-state index is 0.0865. The number of hydrogen-bond donors (Lipinski definition) is 1. The van der Waals surface area contributed by atoms with Crippen molar-refractivity contribution >= 4 is 21.9 Å². The smallest absolute Gasteiger partial charge is 0.347 e. The molecule has 2 rings (SSSR count). The van der Waals surface area contributed by atoms with Crippen LogP contribution < -0.4 is 5.14 Å². The molecule has 7 heteroatoms. The van der Waals surface area contributed by atoms with Gasteiger partial charge in [0, 0.05) is 28.9 Å². The van der Waals surface area contributed by atoms with Crippen molar-refractivity contribution in [2.45, 2.75) is 77.8 Å². The average Bonchev–Trinajstić information content (AvgIpc) is 2.86. The number of benzene rings is 1. The highest BCUT2D eigenvalue weighted by Gasteiger charge is 2.43. The third-order valence-corrected chi connectivity index (χ3v) is 5.97. The second kappa shape index (κ2) is 8.19. The van der Waals surface area contributed by atoms with Crippen LogP contribution >= 0.6 is 0 Å². The fraction of sp³-hybridized carbons (Fsp3) is 0.619. The largest absolute Gasteiger partial charge is 0.395 e. The molecule has 158 valence electrons. The lowest BCUT2D eigenvalue weighted by atomic mass is 9.92. The molecule has 0 saturated heterocycles. The predicted octanol–water partition coefficient (Wildman–Crippen LogP) is 5.86. The molecule has 0 fully saturated rings. The number of alkyl halides is 3. The molecule has 2 unspecified atom stereocenters. The van der Waals surface area contributed by atoms with Crippen LogP contribution in [0.25, 0.3) is 10.9 Å². The maximum Gasteiger partial charge on any atom is 0.395 e. The number of aromatic nitrogens is 1. The molecule has 0 aliphatic carbocycles. The van der Waals surface area contributed by atoms with E-state index in [0.29, 0.717) is 11.9 Å². The Hall–Kier alpha value is -1.34. The Bertz CT molecular complexity index is 850. The first-order chi connectivity index (χ1) is 12.7. The number of fused-ring (bicyclic) bond motifs is 1. The number of rotatable bonds is 6. The molecule has 1 aromatic carbocycles. The minimum Gasteiger partial charge on any atom is -0.347 e. The molecule has 0 radical (unpaired) electrons. The summed E-state index contributed by atoms with van der Waals surface area (Å²) in [6.45, 7) is 12.4. The third-order valence-electron chi connectivity index (χ3n) is 4.98. The van der Waals surface area contributed by atoms with Gasteiger partial charge < -0.3 is 4.57 Å². The zero-order valence-corrected chi connectivity index (χ0v) is 18.2. The van der Waals surface area contributed by atoms with E-state index in [1.54, 1.807) is 12.3 Å². The summed E-state index contributed by atoms with van der Waals surface area (Å²) in [5, 5.41) is 5.21. The minimum atomic E-state index is -4.44. The number of halogens is 3. The molecule has 2 aromatic rings. The highest BCUT2D eigenvalue weighted by atomic mass is 32.2. The van der Waals surface area contributed by atoms with Gasteiger partial charge in [-0.1, -0.05) is 46.8 Å². The zero-order valence-electron chi connectivity index (χ0n) is 17.4. The van der Waals surface area contributed by atoms with Crippen LogP contribution in [0.3, 0.4) is 0 Å². The van der Waals surface area contributed by atoms with Gasteiger partial charge in [-0.3, -0.25) is 5.14 Å². The van der Waals surface area contributed by atoms with Crippen molar-refractivity contribution in [3.8, 4) is 0 Å². The molecule has 0 aliphatic heterocycles. The first-order valence-corrected chi connectivity index (χ1v) is 10.8. The quantitative estimate of drug-likeness (QED) is 0.630. The Morgan fingerprint density at radius 2 is 1.75 bits per heavy atom. The van der Waals surface area contributed by atoms with E-state index in [9.17, 15) is 17.4 Å². The van der Waals surface area contributed by atoms with Gasteiger partial charge >= 0.3 is 6.18 Å². The first kappa shape index (κ1) is 22.9. The number of nitrogens with two attached hydrogens (primary N) is 1. The topological polar surface area (TPSA) is 48.0 Å². The van der Waals surface area contributed by atoms with E-state index in [4.69, 9.17) is 5.14 Å². The number of nitrogens with zero attached hydrogens (tertiary/aromatic N) is 1. The Labute approximate surface area is 168 Å². The Morgan fingerprint density at radius 1 is 1.14 bits per heavy atom. The predicted molar refractivity (Wildman–Crippen MR) is 111 cm³/mol. The molecule has 28 heavy (non-hydrogen) atoms. The molecule has 0 spiro atoms. The molecule has 2 N–H and O–H groups in total. The van der Waals surface area contributed by atoms with E-state index in [1.165, 1.54) is 6.92 Å². The van der Waals surface area contributed by atoms with Gasteiger partial charge in [0.1, 0.15) is 0 Å². The fourth-order valence-electron chi connectivity index (χ4n) is 3.48. The molecule has 0 aliphatic rings. The van der Waals surface area contributed by atoms with Crippen molar-refractivity contribution < 1.29 is 17.4 Å². The lowest BCUT2D eigenvalue weighted by Crippen LogP contribution is -2.28. The van der Waals surface area contributed by atoms with Crippen LogP contribution in [0.5, 0.6) is 0 Å². The second-order valence-electron chi connectivity index (χ2n) is 9.17. The van der Waals surface area contributed by atoms with Crippen molar-refractivity contribution in [1.29, 1.82) is 0 Å². The van der Waals surface area contributed by atoms with Gasteiger partial charge in [-0.25, -0.2) is 4.21 Å². The van der Waals surface area contributed by atoms with Gasteiger partial charge in [0.25, 0.3) is 0 Å². The third kappa shape index (κ3) is 5.38. The fourth-order valence-corrected chi connectivity index (χ4v) is 3.86. The molecule has 1 aromatic heterocycles. The van der Waals surface area contributed by atoms with Gasteiger partial charge in [0.15, 0.2) is 0 Å². The molecule has 3 atom stereocenters. The van der Waals surface area contributed by atoms with Gasteiger partial charge in [-0.15, -0.1) is 0 Å². The normalized spacial score (nSPS) is 16.5. The van der Waals surface area contributed by atoms with Gasteiger partial charge in [-0.2, -0.15) is 13.2 Å². The monoisotopic (exact) mass is 416 g/mol. The molecule has 1 heterocycles. The van der Waals surface area contributed by atoms with E-state index < -0.39 is 28.3 Å². The average molecular weight is 417 g/mol. The van der Waals surface area contributed by atoms with Gasteiger partial charge in [0.2, 0.25) is 0 Å². The summed E-state index contributed by atoms with van der Waals surface area (Å²) < 4.78 is 55.3. The molecule has 0 saturated carbocycles. The van der Waals surface area contributed by atoms with E-state index in [0.717, 1.165) is 11.1 Å². The SMILES string of the molecule is CC(C)c1ccc2c([C@H](CC(C)S(N)=O)C(F)(F)F)cn(CC(C)(C)C)c2c1. The number of hydrogen-bond acceptors (Lipinski definition) is 1. The maximum atomic E-state index is 14.0. The standard InChI is InChI=1S/C21H31F3N2OS/c1-13(2)15-7-8-16-17(11-26(19(16)10-15)12-20(4,5)6)18(21(22,23)24)9-14(3)28(25)27/h7-8,10-11,13-14,18H,9,12,25H2,1-6H3/t14?,18-,28?/m0/s1. The van der Waals surface area contributed by atoms with Crippen molar-refractivity contribution in [3.05, 3.63) is 35.5 Å².